The summed E-state index contributed by atoms with van der Waals surface area (Å²) in [4.78, 5) is 15.4. The van der Waals surface area contributed by atoms with E-state index in [9.17, 15) is 13.2 Å². The molecule has 3 aliphatic carbocycles. The Labute approximate surface area is 240 Å². The highest BCUT2D eigenvalue weighted by molar-refractivity contribution is 7.93. The zero-order valence-corrected chi connectivity index (χ0v) is 24.7. The number of sulfone groups is 1. The molecule has 2 aromatic heterocycles. The molecule has 2 aliphatic heterocycles. The summed E-state index contributed by atoms with van der Waals surface area (Å²) in [5, 5.41) is 6.78. The molecule has 7 rings (SSSR count). The van der Waals surface area contributed by atoms with Crippen molar-refractivity contribution >= 4 is 27.1 Å². The first-order chi connectivity index (χ1) is 19.3. The minimum absolute atomic E-state index is 0.161. The smallest absolute Gasteiger partial charge is 0.274 e. The fourth-order valence-corrected chi connectivity index (χ4v) is 10.4. The Hall–Kier alpha value is -2.49. The van der Waals surface area contributed by atoms with E-state index < -0.39 is 9.84 Å². The van der Waals surface area contributed by atoms with Gasteiger partial charge in [-0.1, -0.05) is 37.3 Å². The molecular weight excluding hydrogens is 542 g/mol. The molecular formula is C31H37N3O4S2. The van der Waals surface area contributed by atoms with Crippen LogP contribution in [0.5, 0.6) is 0 Å². The summed E-state index contributed by atoms with van der Waals surface area (Å²) in [6, 6.07) is 2.05. The van der Waals surface area contributed by atoms with Gasteiger partial charge < -0.3 is 9.64 Å². The number of rotatable bonds is 5. The number of carbonyl (C=O) groups excluding carboxylic acids is 1. The van der Waals surface area contributed by atoms with Crippen LogP contribution < -0.4 is 0 Å². The van der Waals surface area contributed by atoms with E-state index in [1.54, 1.807) is 10.5 Å². The molecule has 1 amide bonds. The van der Waals surface area contributed by atoms with Crippen LogP contribution in [-0.2, 0) is 20.3 Å². The lowest BCUT2D eigenvalue weighted by molar-refractivity contribution is 0.0297. The third-order valence-electron chi connectivity index (χ3n) is 9.86. The van der Waals surface area contributed by atoms with Gasteiger partial charge in [0.25, 0.3) is 5.91 Å². The van der Waals surface area contributed by atoms with Gasteiger partial charge in [0.15, 0.2) is 15.5 Å². The molecule has 3 atom stereocenters. The van der Waals surface area contributed by atoms with E-state index in [4.69, 9.17) is 9.84 Å². The average molecular weight is 580 g/mol. The largest absolute Gasteiger partial charge is 0.378 e. The van der Waals surface area contributed by atoms with Gasteiger partial charge in [-0.25, -0.2) is 8.42 Å². The van der Waals surface area contributed by atoms with Crippen LogP contribution in [0.15, 0.2) is 51.6 Å². The molecule has 0 radical (unpaired) electrons. The molecule has 1 saturated heterocycles. The van der Waals surface area contributed by atoms with E-state index in [1.807, 2.05) is 16.1 Å². The van der Waals surface area contributed by atoms with Gasteiger partial charge in [-0.15, -0.1) is 11.3 Å². The molecule has 1 saturated carbocycles. The van der Waals surface area contributed by atoms with Crippen LogP contribution in [0.3, 0.4) is 0 Å². The molecule has 7 nitrogen and oxygen atoms in total. The number of morpholine rings is 1. The van der Waals surface area contributed by atoms with Crippen molar-refractivity contribution in [1.29, 1.82) is 0 Å². The van der Waals surface area contributed by atoms with E-state index in [2.05, 4.69) is 31.7 Å². The van der Waals surface area contributed by atoms with Crippen molar-refractivity contribution in [2.45, 2.75) is 61.5 Å². The number of thiophene rings is 1. The van der Waals surface area contributed by atoms with Gasteiger partial charge in [-0.3, -0.25) is 9.48 Å². The monoisotopic (exact) mass is 579 g/mol. The lowest BCUT2D eigenvalue weighted by atomic mass is 9.72. The predicted molar refractivity (Wildman–Crippen MR) is 156 cm³/mol. The maximum Gasteiger partial charge on any atom is 0.274 e. The molecule has 3 unspecified atom stereocenters. The summed E-state index contributed by atoms with van der Waals surface area (Å²) in [7, 11) is -3.50. The first-order valence-corrected chi connectivity index (χ1v) is 17.2. The third kappa shape index (κ3) is 4.36. The topological polar surface area (TPSA) is 81.5 Å². The Morgan fingerprint density at radius 1 is 1.20 bits per heavy atom. The minimum atomic E-state index is -3.50. The van der Waals surface area contributed by atoms with E-state index in [1.165, 1.54) is 23.3 Å². The van der Waals surface area contributed by atoms with Crippen LogP contribution in [0.25, 0.3) is 11.3 Å². The van der Waals surface area contributed by atoms with E-state index in [0.717, 1.165) is 37.8 Å². The van der Waals surface area contributed by atoms with Crippen LogP contribution in [0.4, 0.5) is 0 Å². The second-order valence-electron chi connectivity index (χ2n) is 12.3. The van der Waals surface area contributed by atoms with Gasteiger partial charge in [0.05, 0.1) is 30.7 Å². The Morgan fingerprint density at radius 2 is 1.98 bits per heavy atom. The molecule has 0 spiro atoms. The van der Waals surface area contributed by atoms with Crippen LogP contribution in [-0.4, -0.2) is 55.3 Å². The number of amides is 1. The molecule has 40 heavy (non-hydrogen) atoms. The Balaban J connectivity index is 1.14. The van der Waals surface area contributed by atoms with Crippen molar-refractivity contribution in [3.05, 3.63) is 58.7 Å². The van der Waals surface area contributed by atoms with Crippen LogP contribution in [0.1, 0.15) is 67.5 Å². The fourth-order valence-electron chi connectivity index (χ4n) is 7.54. The summed E-state index contributed by atoms with van der Waals surface area (Å²) in [5.74, 6) is 2.08. The van der Waals surface area contributed by atoms with Crippen molar-refractivity contribution < 1.29 is 17.9 Å². The number of allylic oxidation sites excluding steroid dienone is 5. The van der Waals surface area contributed by atoms with Crippen molar-refractivity contribution in [2.75, 3.05) is 26.3 Å². The Kier molecular flexibility index (Phi) is 6.67. The first-order valence-electron chi connectivity index (χ1n) is 14.7. The van der Waals surface area contributed by atoms with Gasteiger partial charge in [-0.2, -0.15) is 5.10 Å². The van der Waals surface area contributed by atoms with Crippen LogP contribution in [0.2, 0.25) is 0 Å². The third-order valence-corrected chi connectivity index (χ3v) is 13.1. The summed E-state index contributed by atoms with van der Waals surface area (Å²) < 4.78 is 34.3. The molecule has 4 heterocycles. The second-order valence-corrected chi connectivity index (χ2v) is 15.4. The maximum atomic E-state index is 13.6. The standard InChI is InChI=1S/C31H37N3O4S2/c1-19-3-9-23(19)24-10-4-20(2)26(24)17-21-5-7-22(8-6-21)34-29-25-11-16-39-31(25)40(36,37)18-27(29)28(32-34)30(35)33-12-14-38-15-13-33/h3,9-11,16,20-23,26H,1,4-8,12-15,17-18H2,2H3. The number of hydrogen-bond donors (Lipinski definition) is 0. The highest BCUT2D eigenvalue weighted by Gasteiger charge is 2.40. The summed E-state index contributed by atoms with van der Waals surface area (Å²) in [6.07, 6.45) is 13.5. The molecule has 9 heteroatoms. The molecule has 0 aromatic carbocycles. The molecule has 2 aromatic rings. The molecule has 2 fully saturated rings. The van der Waals surface area contributed by atoms with Gasteiger partial charge in [0.1, 0.15) is 4.21 Å². The maximum absolute atomic E-state index is 13.6. The SMILES string of the molecule is C=C1C=CC1C1=CCC(C)C1CC1CCC(n2nc(C(=O)N3CCOCC3)c3c2-c2ccsc2S(=O)(=O)C3)CC1. The zero-order chi connectivity index (χ0) is 27.6. The van der Waals surface area contributed by atoms with E-state index in [0.29, 0.717) is 71.0 Å². The lowest BCUT2D eigenvalue weighted by Gasteiger charge is -2.35. The van der Waals surface area contributed by atoms with Gasteiger partial charge in [-0.05, 0) is 73.3 Å². The number of aromatic nitrogens is 2. The number of fused-ring (bicyclic) bond motifs is 3. The molecule has 212 valence electrons. The number of carbonyl (C=O) groups is 1. The fraction of sp³-hybridized carbons (Fsp3) is 0.548. The zero-order valence-electron chi connectivity index (χ0n) is 23.0. The van der Waals surface area contributed by atoms with Crippen molar-refractivity contribution in [2.24, 2.45) is 23.7 Å². The van der Waals surface area contributed by atoms with E-state index in [-0.39, 0.29) is 17.7 Å². The van der Waals surface area contributed by atoms with Gasteiger partial charge in [0.2, 0.25) is 0 Å². The summed E-state index contributed by atoms with van der Waals surface area (Å²) in [6.45, 7) is 8.61. The average Bonchev–Trinajstić information content (AvgIpc) is 3.67. The predicted octanol–water partition coefficient (Wildman–Crippen LogP) is 5.82. The highest BCUT2D eigenvalue weighted by atomic mass is 32.2. The van der Waals surface area contributed by atoms with E-state index >= 15 is 0 Å². The normalized spacial score (nSPS) is 30.9. The number of nitrogens with zero attached hydrogens (tertiary/aromatic N) is 3. The number of hydrogen-bond acceptors (Lipinski definition) is 6. The summed E-state index contributed by atoms with van der Waals surface area (Å²) in [5.41, 5.74) is 5.27. The summed E-state index contributed by atoms with van der Waals surface area (Å²) >= 11 is 1.27. The molecule has 5 aliphatic rings. The molecule has 0 N–H and O–H groups in total. The van der Waals surface area contributed by atoms with Crippen molar-refractivity contribution in [3.8, 4) is 11.3 Å². The first kappa shape index (κ1) is 26.4. The lowest BCUT2D eigenvalue weighted by Crippen LogP contribution is -2.41. The Bertz CT molecular complexity index is 1520. The van der Waals surface area contributed by atoms with Gasteiger partial charge in [0, 0.05) is 30.1 Å². The van der Waals surface area contributed by atoms with Crippen molar-refractivity contribution in [1.82, 2.24) is 14.7 Å². The minimum Gasteiger partial charge on any atom is -0.378 e. The Morgan fingerprint density at radius 3 is 2.67 bits per heavy atom. The molecule has 0 bridgehead atoms. The highest BCUT2D eigenvalue weighted by Crippen LogP contribution is 2.49. The van der Waals surface area contributed by atoms with Gasteiger partial charge >= 0.3 is 0 Å². The van der Waals surface area contributed by atoms with Crippen molar-refractivity contribution in [3.63, 3.8) is 0 Å². The van der Waals surface area contributed by atoms with Crippen LogP contribution >= 0.6 is 11.3 Å². The second kappa shape index (κ2) is 10.1. The number of ether oxygens (including phenoxy) is 1. The quantitative estimate of drug-likeness (QED) is 0.417. The van der Waals surface area contributed by atoms with Crippen LogP contribution in [0, 0.1) is 23.7 Å².